The number of anilines is 1. The van der Waals surface area contributed by atoms with E-state index in [9.17, 15) is 15.1 Å². The normalized spacial score (nSPS) is 22.5. The molecule has 1 saturated heterocycles. The van der Waals surface area contributed by atoms with Gasteiger partial charge in [-0.1, -0.05) is 78.9 Å². The lowest BCUT2D eigenvalue weighted by Crippen LogP contribution is -2.54. The van der Waals surface area contributed by atoms with Gasteiger partial charge in [-0.2, -0.15) is 5.06 Å². The standard InChI is InChI=1S/C26H26N2O4/c1-2-32-25(29)27-22-16-10-9-15-20(22)21-17-23(28(31)24(21)27)26(30,18-11-5-3-6-12-18)19-13-7-4-8-14-19/h3-16,21,23-24,30-31H,2,17H2,1H3/t21-,23+,24-/m1/s1. The Balaban J connectivity index is 1.62. The van der Waals surface area contributed by atoms with E-state index in [-0.39, 0.29) is 12.5 Å². The molecule has 2 aliphatic rings. The maximum atomic E-state index is 12.9. The SMILES string of the molecule is CCOC(=O)N1c2ccccc2[C@H]2C[C@@H](C(O)(c3ccccc3)c3ccccc3)N(O)[C@H]21. The lowest BCUT2D eigenvalue weighted by molar-refractivity contribution is -0.177. The fourth-order valence-corrected chi connectivity index (χ4v) is 5.29. The number of benzene rings is 3. The highest BCUT2D eigenvalue weighted by atomic mass is 16.6. The van der Waals surface area contributed by atoms with Crippen LogP contribution in [0.25, 0.3) is 0 Å². The van der Waals surface area contributed by atoms with Crippen LogP contribution in [0, 0.1) is 0 Å². The highest BCUT2D eigenvalue weighted by Crippen LogP contribution is 2.53. The molecule has 5 rings (SSSR count). The fraction of sp³-hybridized carbons (Fsp3) is 0.269. The number of amides is 1. The van der Waals surface area contributed by atoms with Crippen molar-refractivity contribution in [1.82, 2.24) is 5.06 Å². The Morgan fingerprint density at radius 2 is 1.53 bits per heavy atom. The molecule has 3 aromatic rings. The van der Waals surface area contributed by atoms with Gasteiger partial charge in [-0.25, -0.2) is 4.79 Å². The minimum atomic E-state index is -1.48. The summed E-state index contributed by atoms with van der Waals surface area (Å²) in [7, 11) is 0. The molecule has 2 aliphatic heterocycles. The second-order valence-electron chi connectivity index (χ2n) is 8.28. The first-order valence-corrected chi connectivity index (χ1v) is 10.9. The minimum absolute atomic E-state index is 0.162. The van der Waals surface area contributed by atoms with E-state index in [1.165, 1.54) is 4.90 Å². The molecule has 0 radical (unpaired) electrons. The van der Waals surface area contributed by atoms with Crippen LogP contribution in [-0.4, -0.2) is 40.3 Å². The number of nitrogens with zero attached hydrogens (tertiary/aromatic N) is 2. The van der Waals surface area contributed by atoms with Gasteiger partial charge in [-0.3, -0.25) is 4.90 Å². The number of aliphatic hydroxyl groups is 1. The maximum absolute atomic E-state index is 12.9. The third kappa shape index (κ3) is 3.03. The zero-order chi connectivity index (χ0) is 22.3. The van der Waals surface area contributed by atoms with Gasteiger partial charge >= 0.3 is 6.09 Å². The molecular weight excluding hydrogens is 404 g/mol. The van der Waals surface area contributed by atoms with Crippen LogP contribution in [0.5, 0.6) is 0 Å². The Bertz CT molecular complexity index is 1070. The summed E-state index contributed by atoms with van der Waals surface area (Å²) in [6.07, 6.45) is -0.695. The van der Waals surface area contributed by atoms with Crippen LogP contribution in [0.2, 0.25) is 0 Å². The maximum Gasteiger partial charge on any atom is 0.415 e. The Hall–Kier alpha value is -3.19. The van der Waals surface area contributed by atoms with Gasteiger partial charge in [-0.15, -0.1) is 0 Å². The number of fused-ring (bicyclic) bond motifs is 3. The molecule has 2 heterocycles. The third-order valence-electron chi connectivity index (χ3n) is 6.66. The fourth-order valence-electron chi connectivity index (χ4n) is 5.29. The molecule has 2 N–H and O–H groups in total. The zero-order valence-electron chi connectivity index (χ0n) is 17.8. The Morgan fingerprint density at radius 1 is 0.969 bits per heavy atom. The van der Waals surface area contributed by atoms with Gasteiger partial charge in [0.05, 0.1) is 18.3 Å². The van der Waals surface area contributed by atoms with Gasteiger partial charge in [0, 0.05) is 5.92 Å². The lowest BCUT2D eigenvalue weighted by Gasteiger charge is -2.40. The van der Waals surface area contributed by atoms with Crippen molar-refractivity contribution in [2.45, 2.75) is 37.1 Å². The van der Waals surface area contributed by atoms with Gasteiger partial charge in [0.1, 0.15) is 11.8 Å². The topological polar surface area (TPSA) is 73.2 Å². The molecule has 6 nitrogen and oxygen atoms in total. The van der Waals surface area contributed by atoms with E-state index < -0.39 is 23.9 Å². The second-order valence-corrected chi connectivity index (χ2v) is 8.28. The van der Waals surface area contributed by atoms with Gasteiger partial charge in [0.2, 0.25) is 0 Å². The van der Waals surface area contributed by atoms with E-state index in [1.807, 2.05) is 84.9 Å². The van der Waals surface area contributed by atoms with Gasteiger partial charge < -0.3 is 15.1 Å². The summed E-state index contributed by atoms with van der Waals surface area (Å²) in [6.45, 7) is 2.00. The Morgan fingerprint density at radius 3 is 2.12 bits per heavy atom. The Labute approximate surface area is 187 Å². The lowest BCUT2D eigenvalue weighted by atomic mass is 9.78. The first-order valence-electron chi connectivity index (χ1n) is 10.9. The number of hydrogen-bond donors (Lipinski definition) is 2. The first-order chi connectivity index (χ1) is 15.6. The average Bonchev–Trinajstić information content (AvgIpc) is 3.35. The molecule has 6 heteroatoms. The van der Waals surface area contributed by atoms with Crippen LogP contribution in [0.15, 0.2) is 84.9 Å². The van der Waals surface area contributed by atoms with Crippen LogP contribution in [0.3, 0.4) is 0 Å². The molecule has 164 valence electrons. The van der Waals surface area contributed by atoms with Gasteiger partial charge in [0.15, 0.2) is 0 Å². The molecule has 32 heavy (non-hydrogen) atoms. The second kappa shape index (κ2) is 8.06. The van der Waals surface area contributed by atoms with E-state index in [4.69, 9.17) is 4.74 Å². The monoisotopic (exact) mass is 430 g/mol. The van der Waals surface area contributed by atoms with Crippen LogP contribution < -0.4 is 4.90 Å². The highest BCUT2D eigenvalue weighted by Gasteiger charge is 2.58. The van der Waals surface area contributed by atoms with E-state index in [1.54, 1.807) is 6.92 Å². The van der Waals surface area contributed by atoms with E-state index in [0.29, 0.717) is 17.5 Å². The number of carbonyl (C=O) groups is 1. The van der Waals surface area contributed by atoms with Crippen molar-refractivity contribution in [3.8, 4) is 0 Å². The molecule has 0 aromatic heterocycles. The molecule has 0 spiro atoms. The van der Waals surface area contributed by atoms with Gasteiger partial charge in [-0.05, 0) is 36.1 Å². The number of hydroxylamine groups is 2. The summed E-state index contributed by atoms with van der Waals surface area (Å²) in [5, 5.41) is 24.9. The first kappa shape index (κ1) is 20.7. The zero-order valence-corrected chi connectivity index (χ0v) is 17.8. The number of rotatable bonds is 4. The van der Waals surface area contributed by atoms with Crippen molar-refractivity contribution in [2.24, 2.45) is 0 Å². The van der Waals surface area contributed by atoms with Crippen molar-refractivity contribution in [2.75, 3.05) is 11.5 Å². The molecule has 0 bridgehead atoms. The third-order valence-corrected chi connectivity index (χ3v) is 6.66. The van der Waals surface area contributed by atoms with Crippen LogP contribution >= 0.6 is 0 Å². The molecule has 1 amide bonds. The molecule has 3 atom stereocenters. The van der Waals surface area contributed by atoms with Crippen LogP contribution in [0.4, 0.5) is 10.5 Å². The predicted octanol–water partition coefficient (Wildman–Crippen LogP) is 4.47. The smallest absolute Gasteiger partial charge is 0.415 e. The van der Waals surface area contributed by atoms with Gasteiger partial charge in [0.25, 0.3) is 0 Å². The van der Waals surface area contributed by atoms with Crippen molar-refractivity contribution >= 4 is 11.8 Å². The molecule has 0 saturated carbocycles. The molecule has 3 aromatic carbocycles. The minimum Gasteiger partial charge on any atom is -0.449 e. The van der Waals surface area contributed by atoms with Crippen molar-refractivity contribution in [1.29, 1.82) is 0 Å². The summed E-state index contributed by atoms with van der Waals surface area (Å²) in [5.41, 5.74) is 1.60. The Kier molecular flexibility index (Phi) is 5.21. The molecule has 0 unspecified atom stereocenters. The average molecular weight is 431 g/mol. The summed E-state index contributed by atoms with van der Waals surface area (Å²) in [5.74, 6) is -0.162. The molecule has 1 fully saturated rings. The summed E-state index contributed by atoms with van der Waals surface area (Å²) in [4.78, 5) is 14.4. The molecular formula is C26H26N2O4. The predicted molar refractivity (Wildman–Crippen MR) is 120 cm³/mol. The summed E-state index contributed by atoms with van der Waals surface area (Å²) >= 11 is 0. The quantitative estimate of drug-likeness (QED) is 0.639. The number of ether oxygens (including phenoxy) is 1. The van der Waals surface area contributed by atoms with E-state index in [0.717, 1.165) is 16.3 Å². The van der Waals surface area contributed by atoms with E-state index in [2.05, 4.69) is 0 Å². The molecule has 0 aliphatic carbocycles. The summed E-state index contributed by atoms with van der Waals surface area (Å²) < 4.78 is 5.32. The summed E-state index contributed by atoms with van der Waals surface area (Å²) in [6, 6.07) is 25.7. The van der Waals surface area contributed by atoms with Crippen LogP contribution in [-0.2, 0) is 10.3 Å². The van der Waals surface area contributed by atoms with Crippen LogP contribution in [0.1, 0.15) is 36.0 Å². The number of carbonyl (C=O) groups excluding carboxylic acids is 1. The van der Waals surface area contributed by atoms with Crippen molar-refractivity contribution in [3.05, 3.63) is 102 Å². The number of para-hydroxylation sites is 1. The van der Waals surface area contributed by atoms with Crippen molar-refractivity contribution < 1.29 is 19.8 Å². The van der Waals surface area contributed by atoms with Crippen molar-refractivity contribution in [3.63, 3.8) is 0 Å². The highest BCUT2D eigenvalue weighted by molar-refractivity contribution is 5.92. The largest absolute Gasteiger partial charge is 0.449 e. The van der Waals surface area contributed by atoms with E-state index >= 15 is 0 Å². The number of hydrogen-bond acceptors (Lipinski definition) is 5.